The molecular weight excluding hydrogens is 776 g/mol. The molecule has 0 saturated carbocycles. The van der Waals surface area contributed by atoms with Crippen molar-refractivity contribution in [3.8, 4) is 23.0 Å². The van der Waals surface area contributed by atoms with E-state index < -0.39 is 11.9 Å². The number of aromatic nitrogens is 9. The van der Waals surface area contributed by atoms with Gasteiger partial charge in [0, 0.05) is 36.2 Å². The lowest BCUT2D eigenvalue weighted by molar-refractivity contribution is -0.135. The van der Waals surface area contributed by atoms with E-state index in [4.69, 9.17) is 18.5 Å². The Morgan fingerprint density at radius 2 is 1.25 bits per heavy atom. The summed E-state index contributed by atoms with van der Waals surface area (Å²) in [5, 5.41) is 19.5. The van der Waals surface area contributed by atoms with Crippen LogP contribution in [0.25, 0.3) is 23.0 Å². The monoisotopic (exact) mass is 809 g/mol. The van der Waals surface area contributed by atoms with Gasteiger partial charge in [0.25, 0.3) is 5.82 Å². The average molecular weight is 810 g/mol. The van der Waals surface area contributed by atoms with Crippen LogP contribution in [0.4, 0.5) is 8.78 Å². The van der Waals surface area contributed by atoms with Crippen molar-refractivity contribution in [2.45, 2.75) is 33.9 Å². The number of rotatable bonds is 12. The summed E-state index contributed by atoms with van der Waals surface area (Å²) in [5.74, 6) is -1.44. The van der Waals surface area contributed by atoms with E-state index in [2.05, 4.69) is 50.1 Å². The topological polar surface area (TPSA) is 234 Å². The molecule has 7 aromatic rings. The molecular formula is C38H33F2N11O8. The number of ketones is 1. The predicted molar refractivity (Wildman–Crippen MR) is 200 cm³/mol. The molecule has 0 atom stereocenters. The van der Waals surface area contributed by atoms with Crippen molar-refractivity contribution in [3.63, 3.8) is 0 Å². The molecule has 2 aromatic carbocycles. The first-order valence-electron chi connectivity index (χ1n) is 17.7. The quantitative estimate of drug-likeness (QED) is 0.116. The fourth-order valence-electron chi connectivity index (χ4n) is 5.13. The number of halogens is 2. The maximum Gasteiger partial charge on any atom is 0.378 e. The fourth-order valence-corrected chi connectivity index (χ4v) is 5.13. The summed E-state index contributed by atoms with van der Waals surface area (Å²) in [4.78, 5) is 51.0. The van der Waals surface area contributed by atoms with Crippen molar-refractivity contribution >= 4 is 29.3 Å². The van der Waals surface area contributed by atoms with Crippen molar-refractivity contribution in [2.24, 2.45) is 9.98 Å². The van der Waals surface area contributed by atoms with Crippen molar-refractivity contribution in [1.29, 1.82) is 0 Å². The highest BCUT2D eigenvalue weighted by Crippen LogP contribution is 2.19. The number of nitrogens with zero attached hydrogens (tertiary/aromatic N) is 11. The molecule has 1 aliphatic rings. The molecule has 0 fully saturated rings. The Morgan fingerprint density at radius 1 is 0.695 bits per heavy atom. The lowest BCUT2D eigenvalue weighted by Gasteiger charge is -2.05. The molecule has 0 N–H and O–H groups in total. The van der Waals surface area contributed by atoms with Gasteiger partial charge in [0.1, 0.15) is 36.1 Å². The van der Waals surface area contributed by atoms with E-state index in [1.165, 1.54) is 47.2 Å². The van der Waals surface area contributed by atoms with E-state index >= 15 is 0 Å². The number of amidine groups is 1. The lowest BCUT2D eigenvalue weighted by Crippen LogP contribution is -2.14. The summed E-state index contributed by atoms with van der Waals surface area (Å²) in [6, 6.07) is 17.5. The van der Waals surface area contributed by atoms with Crippen molar-refractivity contribution < 1.29 is 46.2 Å². The zero-order chi connectivity index (χ0) is 41.7. The van der Waals surface area contributed by atoms with Crippen LogP contribution < -0.4 is 0 Å². The number of ether oxygens (including phenoxy) is 2. The van der Waals surface area contributed by atoms with Crippen molar-refractivity contribution in [1.82, 2.24) is 45.0 Å². The Balaban J connectivity index is 0.000000152. The molecule has 21 heteroatoms. The molecule has 0 saturated heterocycles. The van der Waals surface area contributed by atoms with Gasteiger partial charge in [-0.05, 0) is 26.0 Å². The predicted octanol–water partition coefficient (Wildman–Crippen LogP) is 5.06. The van der Waals surface area contributed by atoms with Crippen LogP contribution >= 0.6 is 0 Å². The van der Waals surface area contributed by atoms with Gasteiger partial charge in [0.05, 0.1) is 38.6 Å². The van der Waals surface area contributed by atoms with Crippen molar-refractivity contribution in [2.75, 3.05) is 19.8 Å². The van der Waals surface area contributed by atoms with Crippen molar-refractivity contribution in [3.05, 3.63) is 126 Å². The molecule has 0 spiro atoms. The van der Waals surface area contributed by atoms with Crippen LogP contribution in [0.5, 0.6) is 0 Å². The number of aliphatic imine (C=N–C) groups is 2. The fraction of sp³-hybridized carbons (Fsp3) is 0.211. The Hall–Kier alpha value is -7.84. The van der Waals surface area contributed by atoms with Gasteiger partial charge in [0.15, 0.2) is 28.8 Å². The van der Waals surface area contributed by atoms with E-state index in [1.807, 2.05) is 0 Å². The van der Waals surface area contributed by atoms with E-state index in [0.29, 0.717) is 52.9 Å². The maximum atomic E-state index is 13.8. The maximum absolute atomic E-state index is 13.8. The zero-order valence-corrected chi connectivity index (χ0v) is 31.6. The number of carbonyl (C=O) groups excluding carboxylic acids is 3. The smallest absolute Gasteiger partial charge is 0.378 e. The van der Waals surface area contributed by atoms with Gasteiger partial charge >= 0.3 is 11.9 Å². The molecule has 6 heterocycles. The van der Waals surface area contributed by atoms with Crippen LogP contribution in [0.1, 0.15) is 58.8 Å². The summed E-state index contributed by atoms with van der Waals surface area (Å²) >= 11 is 0. The number of esters is 2. The van der Waals surface area contributed by atoms with Gasteiger partial charge in [-0.3, -0.25) is 9.79 Å². The highest BCUT2D eigenvalue weighted by atomic mass is 19.1. The van der Waals surface area contributed by atoms with Crippen LogP contribution in [-0.2, 0) is 27.4 Å². The zero-order valence-electron chi connectivity index (χ0n) is 31.6. The molecule has 5 aromatic heterocycles. The van der Waals surface area contributed by atoms with Gasteiger partial charge in [-0.2, -0.15) is 4.98 Å². The van der Waals surface area contributed by atoms with E-state index in [0.717, 1.165) is 0 Å². The standard InChI is InChI=1S/C15H13FN4O3.C14H11FN4O2.C9H9N3O3/c1-2-22-15(21)13-17-14(12-7-8-23-19-12)20(18-13)9-10-5-3-4-6-11(10)16;1-9(20)14-16-13(12-6-7-21-18-12)17-19(14)8-10-4-2-3-5-11(10)15;1-2-14-9(13)8-10-5-7(11-8)6-3-4-15-12-6/h3-8H,2,9H2,1H3;2-7H,8H2,1H3;3-4H,2,5H2,1H3. The number of hydrogen-bond acceptors (Lipinski definition) is 17. The minimum absolute atomic E-state index is 0.0925. The molecule has 0 radical (unpaired) electrons. The molecule has 19 nitrogen and oxygen atoms in total. The third-order valence-electron chi connectivity index (χ3n) is 7.82. The Bertz CT molecular complexity index is 2560. The van der Waals surface area contributed by atoms with Gasteiger partial charge in [-0.25, -0.2) is 37.7 Å². The first-order chi connectivity index (χ1) is 28.6. The average Bonchev–Trinajstić information content (AvgIpc) is 4.07. The third kappa shape index (κ3) is 10.3. The molecule has 302 valence electrons. The first-order valence-corrected chi connectivity index (χ1v) is 17.7. The highest BCUT2D eigenvalue weighted by molar-refractivity contribution is 6.40. The Labute approximate surface area is 332 Å². The molecule has 0 aliphatic carbocycles. The number of hydrogen-bond donors (Lipinski definition) is 0. The minimum Gasteiger partial charge on any atom is -0.460 e. The SMILES string of the molecule is CC(=O)c1nc(-c2ccon2)nn1Cc1ccccc1F.CCOC(=O)C1=NCC(c2ccon2)=N1.CCOC(=O)c1nc(-c2ccon2)n(Cc2ccccc2F)n1. The summed E-state index contributed by atoms with van der Waals surface area (Å²) in [5.41, 5.74) is 2.87. The third-order valence-corrected chi connectivity index (χ3v) is 7.82. The van der Waals surface area contributed by atoms with Gasteiger partial charge in [-0.1, -0.05) is 51.9 Å². The molecule has 0 unspecified atom stereocenters. The normalized spacial score (nSPS) is 11.7. The van der Waals surface area contributed by atoms with Gasteiger partial charge < -0.3 is 23.0 Å². The van der Waals surface area contributed by atoms with Crippen LogP contribution in [0, 0.1) is 11.6 Å². The first kappa shape index (κ1) is 40.8. The number of Topliss-reactive ketones (excluding diaryl/α,β-unsaturated/α-hetero) is 1. The van der Waals surface area contributed by atoms with Gasteiger partial charge in [-0.15, -0.1) is 10.2 Å². The number of carbonyl (C=O) groups is 3. The van der Waals surface area contributed by atoms with E-state index in [-0.39, 0.29) is 60.4 Å². The second-order valence-electron chi connectivity index (χ2n) is 11.9. The minimum atomic E-state index is -0.649. The number of benzene rings is 2. The van der Waals surface area contributed by atoms with Crippen LogP contribution in [0.2, 0.25) is 0 Å². The largest absolute Gasteiger partial charge is 0.460 e. The summed E-state index contributed by atoms with van der Waals surface area (Å²) in [6.45, 7) is 5.87. The van der Waals surface area contributed by atoms with Gasteiger partial charge in [0.2, 0.25) is 11.7 Å². The highest BCUT2D eigenvalue weighted by Gasteiger charge is 2.22. The molecule has 59 heavy (non-hydrogen) atoms. The van der Waals surface area contributed by atoms with Crippen LogP contribution in [-0.4, -0.2) is 94.0 Å². The molecule has 8 rings (SSSR count). The Morgan fingerprint density at radius 3 is 1.81 bits per heavy atom. The molecule has 0 bridgehead atoms. The second kappa shape index (κ2) is 19.3. The van der Waals surface area contributed by atoms with E-state index in [1.54, 1.807) is 68.4 Å². The lowest BCUT2D eigenvalue weighted by atomic mass is 10.2. The summed E-state index contributed by atoms with van der Waals surface area (Å²) < 4.78 is 54.2. The Kier molecular flexibility index (Phi) is 13.4. The van der Waals surface area contributed by atoms with Crippen LogP contribution in [0.3, 0.4) is 0 Å². The summed E-state index contributed by atoms with van der Waals surface area (Å²) in [6.07, 6.45) is 4.21. The molecule has 1 aliphatic heterocycles. The molecule has 0 amide bonds. The van der Waals surface area contributed by atoms with E-state index in [9.17, 15) is 23.2 Å². The van der Waals surface area contributed by atoms with Crippen LogP contribution in [0.15, 0.2) is 109 Å². The summed E-state index contributed by atoms with van der Waals surface area (Å²) in [7, 11) is 0. The second-order valence-corrected chi connectivity index (χ2v) is 11.9.